The molecule has 18 heavy (non-hydrogen) atoms. The van der Waals surface area contributed by atoms with Crippen LogP contribution in [0.2, 0.25) is 0 Å². The molecule has 7 heteroatoms. The average Bonchev–Trinajstić information content (AvgIpc) is 3.12. The Bertz CT molecular complexity index is 499. The summed E-state index contributed by atoms with van der Waals surface area (Å²) >= 11 is 0. The van der Waals surface area contributed by atoms with Gasteiger partial charge in [-0.2, -0.15) is 0 Å². The first-order chi connectivity index (χ1) is 8.56. The van der Waals surface area contributed by atoms with Gasteiger partial charge in [-0.3, -0.25) is 20.0 Å². The first-order valence-electron chi connectivity index (χ1n) is 5.70. The second kappa shape index (κ2) is 4.59. The fourth-order valence-corrected chi connectivity index (χ4v) is 1.93. The number of carbonyl (C=O) groups is 1. The highest BCUT2D eigenvalue weighted by Crippen LogP contribution is 2.38. The van der Waals surface area contributed by atoms with E-state index in [0.717, 1.165) is 17.7 Å². The number of nitrogens with zero attached hydrogens (tertiary/aromatic N) is 3. The van der Waals surface area contributed by atoms with E-state index in [1.54, 1.807) is 6.92 Å². The molecule has 1 fully saturated rings. The Morgan fingerprint density at radius 3 is 2.78 bits per heavy atom. The maximum absolute atomic E-state index is 11.2. The third-order valence-corrected chi connectivity index (χ3v) is 2.87. The Morgan fingerprint density at radius 2 is 2.33 bits per heavy atom. The van der Waals surface area contributed by atoms with Gasteiger partial charge in [0.15, 0.2) is 0 Å². The van der Waals surface area contributed by atoms with E-state index < -0.39 is 11.0 Å². The molecule has 0 atom stereocenters. The fraction of sp³-hybridized carbons (Fsp3) is 0.455. The number of aryl methyl sites for hydroxylation is 1. The highest BCUT2D eigenvalue weighted by atomic mass is 16.6. The summed E-state index contributed by atoms with van der Waals surface area (Å²) in [6.45, 7) is 1.75. The molecule has 0 saturated heterocycles. The molecule has 96 valence electrons. The highest BCUT2D eigenvalue weighted by Gasteiger charge is 2.38. The van der Waals surface area contributed by atoms with E-state index in [1.165, 1.54) is 12.3 Å². The number of pyridine rings is 1. The van der Waals surface area contributed by atoms with Crippen molar-refractivity contribution in [2.75, 3.05) is 4.90 Å². The average molecular weight is 251 g/mol. The minimum atomic E-state index is -1.16. The van der Waals surface area contributed by atoms with Crippen LogP contribution in [0.3, 0.4) is 0 Å². The van der Waals surface area contributed by atoms with Crippen LogP contribution in [0, 0.1) is 10.1 Å². The zero-order valence-corrected chi connectivity index (χ0v) is 9.87. The monoisotopic (exact) mass is 251 g/mol. The Morgan fingerprint density at radius 1 is 1.67 bits per heavy atom. The number of hydrogen-bond acceptors (Lipinski definition) is 4. The van der Waals surface area contributed by atoms with Crippen molar-refractivity contribution in [1.29, 1.82) is 0 Å². The molecular formula is C11H13N3O4. The van der Waals surface area contributed by atoms with Gasteiger partial charge in [0.2, 0.25) is 0 Å². The fourth-order valence-electron chi connectivity index (χ4n) is 1.93. The van der Waals surface area contributed by atoms with Crippen molar-refractivity contribution in [3.8, 4) is 0 Å². The van der Waals surface area contributed by atoms with E-state index in [2.05, 4.69) is 4.98 Å². The quantitative estimate of drug-likeness (QED) is 0.653. The van der Waals surface area contributed by atoms with Crippen molar-refractivity contribution in [2.24, 2.45) is 0 Å². The molecule has 1 aromatic heterocycles. The van der Waals surface area contributed by atoms with E-state index >= 15 is 0 Å². The molecule has 1 heterocycles. The maximum atomic E-state index is 11.2. The topological polar surface area (TPSA) is 96.6 Å². The molecule has 0 unspecified atom stereocenters. The van der Waals surface area contributed by atoms with E-state index in [0.29, 0.717) is 12.1 Å². The molecule has 1 amide bonds. The minimum absolute atomic E-state index is 0.127. The maximum Gasteiger partial charge on any atom is 0.412 e. The van der Waals surface area contributed by atoms with E-state index in [1.807, 2.05) is 0 Å². The van der Waals surface area contributed by atoms with Crippen LogP contribution in [0.1, 0.15) is 25.5 Å². The molecule has 0 radical (unpaired) electrons. The Kier molecular flexibility index (Phi) is 3.14. The summed E-state index contributed by atoms with van der Waals surface area (Å²) in [7, 11) is 0. The number of anilines is 1. The van der Waals surface area contributed by atoms with Gasteiger partial charge >= 0.3 is 11.8 Å². The van der Waals surface area contributed by atoms with Crippen LogP contribution in [0.25, 0.3) is 0 Å². The minimum Gasteiger partial charge on any atom is -0.465 e. The van der Waals surface area contributed by atoms with Gasteiger partial charge in [-0.25, -0.2) is 4.79 Å². The largest absolute Gasteiger partial charge is 0.465 e. The Hall–Kier alpha value is -2.18. The molecule has 7 nitrogen and oxygen atoms in total. The molecule has 0 spiro atoms. The lowest BCUT2D eigenvalue weighted by atomic mass is 10.2. The lowest BCUT2D eigenvalue weighted by molar-refractivity contribution is -0.385. The molecule has 0 aliphatic heterocycles. The molecule has 0 bridgehead atoms. The van der Waals surface area contributed by atoms with Crippen molar-refractivity contribution < 1.29 is 14.8 Å². The smallest absolute Gasteiger partial charge is 0.412 e. The van der Waals surface area contributed by atoms with Crippen molar-refractivity contribution >= 4 is 17.5 Å². The van der Waals surface area contributed by atoms with Gasteiger partial charge in [0.1, 0.15) is 11.4 Å². The van der Waals surface area contributed by atoms with Crippen molar-refractivity contribution in [3.63, 3.8) is 0 Å². The summed E-state index contributed by atoms with van der Waals surface area (Å²) in [5.74, 6) is 0. The predicted molar refractivity (Wildman–Crippen MR) is 63.8 cm³/mol. The summed E-state index contributed by atoms with van der Waals surface area (Å²) in [6, 6.07) is 1.25. The van der Waals surface area contributed by atoms with Crippen LogP contribution in [-0.4, -0.2) is 27.1 Å². The molecule has 1 saturated carbocycles. The van der Waals surface area contributed by atoms with Crippen LogP contribution in [0.5, 0.6) is 0 Å². The number of amides is 1. The van der Waals surface area contributed by atoms with Crippen LogP contribution < -0.4 is 4.90 Å². The first-order valence-corrected chi connectivity index (χ1v) is 5.70. The normalized spacial score (nSPS) is 14.3. The van der Waals surface area contributed by atoms with Crippen LogP contribution in [0.15, 0.2) is 12.3 Å². The second-order valence-electron chi connectivity index (χ2n) is 4.12. The zero-order chi connectivity index (χ0) is 13.3. The van der Waals surface area contributed by atoms with Gasteiger partial charge in [0.05, 0.1) is 4.92 Å². The van der Waals surface area contributed by atoms with Crippen molar-refractivity contribution in [3.05, 3.63) is 28.1 Å². The molecular weight excluding hydrogens is 238 g/mol. The van der Waals surface area contributed by atoms with E-state index in [-0.39, 0.29) is 17.4 Å². The van der Waals surface area contributed by atoms with Crippen LogP contribution in [0.4, 0.5) is 16.2 Å². The molecule has 2 rings (SSSR count). The molecule has 1 aromatic rings. The lowest BCUT2D eigenvalue weighted by Crippen LogP contribution is -2.32. The number of rotatable bonds is 4. The number of hydrogen-bond donors (Lipinski definition) is 1. The Balaban J connectivity index is 2.54. The summed E-state index contributed by atoms with van der Waals surface area (Å²) < 4.78 is 0. The third kappa shape index (κ3) is 2.11. The van der Waals surface area contributed by atoms with E-state index in [4.69, 9.17) is 0 Å². The number of carboxylic acid groups (broad SMARTS) is 1. The van der Waals surface area contributed by atoms with Crippen molar-refractivity contribution in [2.45, 2.75) is 32.2 Å². The van der Waals surface area contributed by atoms with Gasteiger partial charge in [-0.15, -0.1) is 0 Å². The van der Waals surface area contributed by atoms with Crippen molar-refractivity contribution in [1.82, 2.24) is 4.98 Å². The number of nitro groups is 1. The standard InChI is InChI=1S/C11H13N3O4/c1-2-8-10(14(17)18)9(5-6-12-8)13(11(15)16)7-3-4-7/h5-7H,2-4H2,1H3,(H,15,16). The van der Waals surface area contributed by atoms with E-state index in [9.17, 15) is 20.0 Å². The predicted octanol–water partition coefficient (Wildman–Crippen LogP) is 2.20. The van der Waals surface area contributed by atoms with Crippen LogP contribution in [-0.2, 0) is 6.42 Å². The second-order valence-corrected chi connectivity index (χ2v) is 4.12. The molecule has 0 aromatic carbocycles. The number of aromatic nitrogens is 1. The van der Waals surface area contributed by atoms with Gasteiger partial charge in [0.25, 0.3) is 0 Å². The molecule has 1 N–H and O–H groups in total. The van der Waals surface area contributed by atoms with Gasteiger partial charge in [-0.05, 0) is 25.3 Å². The Labute approximate surface area is 103 Å². The summed E-state index contributed by atoms with van der Waals surface area (Å²) in [5.41, 5.74) is 0.237. The van der Waals surface area contributed by atoms with Gasteiger partial charge in [0, 0.05) is 12.2 Å². The lowest BCUT2D eigenvalue weighted by Gasteiger charge is -2.19. The molecule has 1 aliphatic carbocycles. The summed E-state index contributed by atoms with van der Waals surface area (Å²) in [6.07, 6.45) is 2.14. The summed E-state index contributed by atoms with van der Waals surface area (Å²) in [5, 5.41) is 20.3. The summed E-state index contributed by atoms with van der Waals surface area (Å²) in [4.78, 5) is 26.8. The highest BCUT2D eigenvalue weighted by molar-refractivity contribution is 5.90. The third-order valence-electron chi connectivity index (χ3n) is 2.87. The van der Waals surface area contributed by atoms with Gasteiger partial charge in [-0.1, -0.05) is 6.92 Å². The van der Waals surface area contributed by atoms with Gasteiger partial charge < -0.3 is 5.11 Å². The van der Waals surface area contributed by atoms with Crippen LogP contribution >= 0.6 is 0 Å². The zero-order valence-electron chi connectivity index (χ0n) is 9.87. The molecule has 1 aliphatic rings. The first kappa shape index (κ1) is 12.3. The SMILES string of the molecule is CCc1nccc(N(C(=O)O)C2CC2)c1[N+](=O)[O-].